The Morgan fingerprint density at radius 2 is 1.71 bits per heavy atom. The molecule has 2 bridgehead atoms. The number of fused-ring (bicyclic) bond motifs is 5. The maximum absolute atomic E-state index is 12.6. The summed E-state index contributed by atoms with van der Waals surface area (Å²) in [5.41, 5.74) is 0. The average molecular weight is 332 g/mol. The molecule has 4 atom stereocenters. The molecular formula is C18H28N4O2. The summed E-state index contributed by atoms with van der Waals surface area (Å²) in [7, 11) is 1.75. The normalized spacial score (nSPS) is 31.1. The average Bonchev–Trinajstić information content (AvgIpc) is 3.26. The van der Waals surface area contributed by atoms with Gasteiger partial charge in [-0.2, -0.15) is 0 Å². The van der Waals surface area contributed by atoms with E-state index in [2.05, 4.69) is 34.7 Å². The number of unbranched alkanes of at least 4 members (excludes halogenated alkanes) is 1. The van der Waals surface area contributed by atoms with Crippen molar-refractivity contribution in [3.63, 3.8) is 0 Å². The van der Waals surface area contributed by atoms with Crippen LogP contribution in [0.2, 0.25) is 0 Å². The van der Waals surface area contributed by atoms with Gasteiger partial charge in [0, 0.05) is 26.7 Å². The van der Waals surface area contributed by atoms with E-state index in [4.69, 9.17) is 0 Å². The van der Waals surface area contributed by atoms with E-state index in [0.29, 0.717) is 24.9 Å². The number of allylic oxidation sites excluding steroid dienone is 2. The maximum Gasteiger partial charge on any atom is 0.233 e. The Hall–Kier alpha value is -1.85. The molecule has 24 heavy (non-hydrogen) atoms. The zero-order chi connectivity index (χ0) is 17.1. The van der Waals surface area contributed by atoms with Crippen LogP contribution in [0.4, 0.5) is 0 Å². The Labute approximate surface area is 143 Å². The van der Waals surface area contributed by atoms with Crippen LogP contribution < -0.4 is 10.6 Å². The molecule has 3 rings (SSSR count). The third-order valence-electron chi connectivity index (χ3n) is 5.46. The zero-order valence-corrected chi connectivity index (χ0v) is 14.6. The third-order valence-corrected chi connectivity index (χ3v) is 5.46. The summed E-state index contributed by atoms with van der Waals surface area (Å²) >= 11 is 0. The van der Waals surface area contributed by atoms with Crippen molar-refractivity contribution in [3.05, 3.63) is 12.2 Å². The first-order valence-corrected chi connectivity index (χ1v) is 9.15. The van der Waals surface area contributed by atoms with Crippen LogP contribution in [-0.4, -0.2) is 49.4 Å². The van der Waals surface area contributed by atoms with E-state index in [0.717, 1.165) is 38.2 Å². The lowest BCUT2D eigenvalue weighted by Crippen LogP contribution is -2.40. The number of hydrogen-bond acceptors (Lipinski definition) is 3. The van der Waals surface area contributed by atoms with E-state index in [1.807, 2.05) is 0 Å². The first-order chi connectivity index (χ1) is 11.7. The van der Waals surface area contributed by atoms with Crippen molar-refractivity contribution in [2.45, 2.75) is 32.6 Å². The number of nitrogens with one attached hydrogen (secondary N) is 2. The molecule has 0 aromatic rings. The fraction of sp³-hybridized carbons (Fsp3) is 0.722. The number of likely N-dealkylation sites (tertiary alicyclic amines) is 1. The molecule has 3 aliphatic rings. The predicted molar refractivity (Wildman–Crippen MR) is 93.3 cm³/mol. The standard InChI is InChI=1S/C18H28N4O2/c1-3-4-8-20-18(19-2)21-9-5-10-22-16(23)14-12-6-7-13(11-12)15(14)17(22)24/h6-7,12-15H,3-5,8-11H2,1-2H3,(H2,19,20,21). The molecule has 2 N–H and O–H groups in total. The number of imide groups is 1. The molecule has 6 nitrogen and oxygen atoms in total. The molecule has 1 saturated heterocycles. The van der Waals surface area contributed by atoms with Crippen molar-refractivity contribution in [2.75, 3.05) is 26.7 Å². The summed E-state index contributed by atoms with van der Waals surface area (Å²) < 4.78 is 0. The maximum atomic E-state index is 12.6. The molecular weight excluding hydrogens is 304 g/mol. The van der Waals surface area contributed by atoms with Crippen LogP contribution in [0.3, 0.4) is 0 Å². The van der Waals surface area contributed by atoms with Gasteiger partial charge in [-0.1, -0.05) is 25.5 Å². The number of carbonyl (C=O) groups is 2. The monoisotopic (exact) mass is 332 g/mol. The summed E-state index contributed by atoms with van der Waals surface area (Å²) in [5.74, 6) is 1.30. The quantitative estimate of drug-likeness (QED) is 0.241. The van der Waals surface area contributed by atoms with Crippen LogP contribution in [0.15, 0.2) is 17.1 Å². The van der Waals surface area contributed by atoms with Gasteiger partial charge in [-0.25, -0.2) is 0 Å². The van der Waals surface area contributed by atoms with Crippen molar-refractivity contribution in [1.82, 2.24) is 15.5 Å². The fourth-order valence-corrected chi connectivity index (χ4v) is 4.23. The Morgan fingerprint density at radius 3 is 2.25 bits per heavy atom. The van der Waals surface area contributed by atoms with Gasteiger partial charge in [0.25, 0.3) is 0 Å². The van der Waals surface area contributed by atoms with Crippen molar-refractivity contribution in [2.24, 2.45) is 28.7 Å². The van der Waals surface area contributed by atoms with E-state index in [9.17, 15) is 9.59 Å². The highest BCUT2D eigenvalue weighted by Crippen LogP contribution is 2.52. The second-order valence-corrected chi connectivity index (χ2v) is 6.96. The molecule has 2 aliphatic carbocycles. The molecule has 2 fully saturated rings. The Kier molecular flexibility index (Phi) is 5.21. The van der Waals surface area contributed by atoms with Gasteiger partial charge in [0.05, 0.1) is 11.8 Å². The summed E-state index contributed by atoms with van der Waals surface area (Å²) in [6.45, 7) is 4.25. The fourth-order valence-electron chi connectivity index (χ4n) is 4.23. The highest BCUT2D eigenvalue weighted by molar-refractivity contribution is 6.06. The van der Waals surface area contributed by atoms with Crippen molar-refractivity contribution >= 4 is 17.8 Å². The lowest BCUT2D eigenvalue weighted by Gasteiger charge is -2.18. The van der Waals surface area contributed by atoms with Gasteiger partial charge in [-0.05, 0) is 31.1 Å². The Balaban J connectivity index is 1.43. The Morgan fingerprint density at radius 1 is 1.12 bits per heavy atom. The number of guanidine groups is 1. The topological polar surface area (TPSA) is 73.8 Å². The summed E-state index contributed by atoms with van der Waals surface area (Å²) in [5, 5.41) is 6.49. The second-order valence-electron chi connectivity index (χ2n) is 6.96. The molecule has 4 unspecified atom stereocenters. The van der Waals surface area contributed by atoms with Crippen molar-refractivity contribution < 1.29 is 9.59 Å². The third kappa shape index (κ3) is 3.06. The van der Waals surface area contributed by atoms with Gasteiger partial charge in [-0.15, -0.1) is 0 Å². The SMILES string of the molecule is CCCCNC(=NC)NCCCN1C(=O)C2C3C=CC(C3)C2C1=O. The number of nitrogens with zero attached hydrogens (tertiary/aromatic N) is 2. The molecule has 0 aromatic carbocycles. The number of carbonyl (C=O) groups excluding carboxylic acids is 2. The van der Waals surface area contributed by atoms with Gasteiger partial charge in [-0.3, -0.25) is 19.5 Å². The molecule has 1 heterocycles. The number of hydrogen-bond donors (Lipinski definition) is 2. The van der Waals surface area contributed by atoms with E-state index >= 15 is 0 Å². The van der Waals surface area contributed by atoms with E-state index in [1.54, 1.807) is 7.05 Å². The minimum absolute atomic E-state index is 0.0484. The van der Waals surface area contributed by atoms with Crippen LogP contribution in [0, 0.1) is 23.7 Å². The van der Waals surface area contributed by atoms with Gasteiger partial charge in [0.15, 0.2) is 5.96 Å². The molecule has 132 valence electrons. The van der Waals surface area contributed by atoms with Crippen LogP contribution in [0.1, 0.15) is 32.6 Å². The van der Waals surface area contributed by atoms with Crippen molar-refractivity contribution in [3.8, 4) is 0 Å². The van der Waals surface area contributed by atoms with Gasteiger partial charge in [0.1, 0.15) is 0 Å². The highest BCUT2D eigenvalue weighted by atomic mass is 16.2. The summed E-state index contributed by atoms with van der Waals surface area (Å²) in [6, 6.07) is 0. The lowest BCUT2D eigenvalue weighted by atomic mass is 9.85. The number of rotatable bonds is 7. The largest absolute Gasteiger partial charge is 0.356 e. The van der Waals surface area contributed by atoms with Crippen LogP contribution in [0.5, 0.6) is 0 Å². The minimum atomic E-state index is -0.0797. The minimum Gasteiger partial charge on any atom is -0.356 e. The predicted octanol–water partition coefficient (Wildman–Crippen LogP) is 1.15. The smallest absolute Gasteiger partial charge is 0.233 e. The summed E-state index contributed by atoms with van der Waals surface area (Å²) in [4.78, 5) is 30.8. The van der Waals surface area contributed by atoms with Crippen LogP contribution in [0.25, 0.3) is 0 Å². The van der Waals surface area contributed by atoms with Gasteiger partial charge >= 0.3 is 0 Å². The van der Waals surface area contributed by atoms with Crippen molar-refractivity contribution in [1.29, 1.82) is 0 Å². The lowest BCUT2D eigenvalue weighted by molar-refractivity contribution is -0.140. The molecule has 1 aliphatic heterocycles. The number of aliphatic imine (C=N–C) groups is 1. The first kappa shape index (κ1) is 17.0. The second kappa shape index (κ2) is 7.36. The van der Waals surface area contributed by atoms with Crippen LogP contribution in [-0.2, 0) is 9.59 Å². The van der Waals surface area contributed by atoms with Gasteiger partial charge < -0.3 is 10.6 Å². The van der Waals surface area contributed by atoms with E-state index < -0.39 is 0 Å². The van der Waals surface area contributed by atoms with Crippen LogP contribution >= 0.6 is 0 Å². The molecule has 2 amide bonds. The Bertz CT molecular complexity index is 527. The van der Waals surface area contributed by atoms with E-state index in [-0.39, 0.29) is 23.7 Å². The summed E-state index contributed by atoms with van der Waals surface area (Å²) in [6.07, 6.45) is 8.25. The zero-order valence-electron chi connectivity index (χ0n) is 14.6. The van der Waals surface area contributed by atoms with Gasteiger partial charge in [0.2, 0.25) is 11.8 Å². The number of amides is 2. The van der Waals surface area contributed by atoms with E-state index in [1.165, 1.54) is 4.90 Å². The molecule has 0 spiro atoms. The first-order valence-electron chi connectivity index (χ1n) is 9.15. The molecule has 0 aromatic heterocycles. The molecule has 0 radical (unpaired) electrons. The molecule has 6 heteroatoms. The molecule has 1 saturated carbocycles. The highest BCUT2D eigenvalue weighted by Gasteiger charge is 2.58.